The molecule has 0 unspecified atom stereocenters. The van der Waals surface area contributed by atoms with Gasteiger partial charge in [-0.3, -0.25) is 9.69 Å². The number of hydrogen-bond acceptors (Lipinski definition) is 3. The Kier molecular flexibility index (Phi) is 7.29. The van der Waals surface area contributed by atoms with Gasteiger partial charge in [0.15, 0.2) is 0 Å². The van der Waals surface area contributed by atoms with Gasteiger partial charge < -0.3 is 10.1 Å². The van der Waals surface area contributed by atoms with E-state index in [4.69, 9.17) is 16.3 Å². The lowest BCUT2D eigenvalue weighted by Gasteiger charge is -2.31. The van der Waals surface area contributed by atoms with E-state index in [0.29, 0.717) is 12.1 Å². The number of carbonyl (C=O) groups excluding carboxylic acids is 1. The fraction of sp³-hybridized carbons (Fsp3) is 0.350. The largest absolute Gasteiger partial charge is 0.497 e. The first-order chi connectivity index (χ1) is 12.1. The van der Waals surface area contributed by atoms with Crippen LogP contribution >= 0.6 is 11.6 Å². The molecule has 0 heterocycles. The summed E-state index contributed by atoms with van der Waals surface area (Å²) >= 11 is 6.39. The highest BCUT2D eigenvalue weighted by Crippen LogP contribution is 2.27. The van der Waals surface area contributed by atoms with Gasteiger partial charge in [-0.25, -0.2) is 0 Å². The molecule has 0 spiro atoms. The van der Waals surface area contributed by atoms with Gasteiger partial charge in [0.1, 0.15) is 5.75 Å². The van der Waals surface area contributed by atoms with E-state index in [2.05, 4.69) is 24.1 Å². The first-order valence-corrected chi connectivity index (χ1v) is 8.89. The van der Waals surface area contributed by atoms with Gasteiger partial charge in [0.25, 0.3) is 5.91 Å². The first-order valence-electron chi connectivity index (χ1n) is 8.51. The van der Waals surface area contributed by atoms with Crippen molar-refractivity contribution >= 4 is 17.5 Å². The van der Waals surface area contributed by atoms with E-state index < -0.39 is 0 Å². The van der Waals surface area contributed by atoms with Crippen molar-refractivity contribution in [1.82, 2.24) is 10.2 Å². The van der Waals surface area contributed by atoms with Crippen molar-refractivity contribution in [2.24, 2.45) is 0 Å². The monoisotopic (exact) mass is 360 g/mol. The van der Waals surface area contributed by atoms with Crippen molar-refractivity contribution in [2.75, 3.05) is 26.7 Å². The molecule has 0 radical (unpaired) electrons. The molecule has 1 amide bonds. The SMILES string of the molecule is CCN(CC)[C@@H](CNC(=O)c1ccc(OC)cc1)c1ccccc1Cl. The highest BCUT2D eigenvalue weighted by atomic mass is 35.5. The second kappa shape index (κ2) is 9.44. The number of carbonyl (C=O) groups is 1. The van der Waals surface area contributed by atoms with Gasteiger partial charge in [-0.15, -0.1) is 0 Å². The van der Waals surface area contributed by atoms with Crippen LogP contribution in [-0.4, -0.2) is 37.6 Å². The van der Waals surface area contributed by atoms with Crippen molar-refractivity contribution in [1.29, 1.82) is 0 Å². The molecule has 1 atom stereocenters. The van der Waals surface area contributed by atoms with E-state index in [0.717, 1.165) is 29.4 Å². The van der Waals surface area contributed by atoms with Crippen molar-refractivity contribution in [3.05, 3.63) is 64.7 Å². The molecule has 0 saturated heterocycles. The lowest BCUT2D eigenvalue weighted by Crippen LogP contribution is -2.38. The first kappa shape index (κ1) is 19.3. The Hall–Kier alpha value is -2.04. The zero-order valence-corrected chi connectivity index (χ0v) is 15.7. The predicted molar refractivity (Wildman–Crippen MR) is 102 cm³/mol. The number of hydrogen-bond donors (Lipinski definition) is 1. The van der Waals surface area contributed by atoms with Crippen LogP contribution in [0.3, 0.4) is 0 Å². The minimum atomic E-state index is -0.105. The van der Waals surface area contributed by atoms with Gasteiger partial charge in [-0.1, -0.05) is 43.6 Å². The van der Waals surface area contributed by atoms with Crippen LogP contribution in [0.4, 0.5) is 0 Å². The summed E-state index contributed by atoms with van der Waals surface area (Å²) in [5.74, 6) is 0.625. The summed E-state index contributed by atoms with van der Waals surface area (Å²) in [6.07, 6.45) is 0. The van der Waals surface area contributed by atoms with Crippen molar-refractivity contribution in [2.45, 2.75) is 19.9 Å². The number of ether oxygens (including phenoxy) is 1. The predicted octanol–water partition coefficient (Wildman–Crippen LogP) is 4.16. The maximum absolute atomic E-state index is 12.5. The van der Waals surface area contributed by atoms with E-state index >= 15 is 0 Å². The molecule has 1 N–H and O–H groups in total. The second-order valence-electron chi connectivity index (χ2n) is 5.70. The second-order valence-corrected chi connectivity index (χ2v) is 6.10. The standard InChI is InChI=1S/C20H25ClN2O2/c1-4-23(5-2)19(17-8-6-7-9-18(17)21)14-22-20(24)15-10-12-16(25-3)13-11-15/h6-13,19H,4-5,14H2,1-3H3,(H,22,24)/t19-/m0/s1. The van der Waals surface area contributed by atoms with Crippen LogP contribution < -0.4 is 10.1 Å². The molecule has 2 rings (SSSR count). The molecule has 0 fully saturated rings. The zero-order valence-electron chi connectivity index (χ0n) is 15.0. The zero-order chi connectivity index (χ0) is 18.2. The molecule has 25 heavy (non-hydrogen) atoms. The van der Waals surface area contributed by atoms with Crippen LogP contribution in [0.2, 0.25) is 5.02 Å². The van der Waals surface area contributed by atoms with Gasteiger partial charge in [0.05, 0.1) is 13.2 Å². The third-order valence-electron chi connectivity index (χ3n) is 4.33. The van der Waals surface area contributed by atoms with Crippen LogP contribution in [0.5, 0.6) is 5.75 Å². The Bertz CT molecular complexity index is 684. The number of benzene rings is 2. The van der Waals surface area contributed by atoms with E-state index in [1.807, 2.05) is 24.3 Å². The van der Waals surface area contributed by atoms with Crippen LogP contribution in [0.1, 0.15) is 35.8 Å². The highest BCUT2D eigenvalue weighted by molar-refractivity contribution is 6.31. The number of likely N-dealkylation sites (N-methyl/N-ethyl adjacent to an activating group) is 1. The molecule has 5 heteroatoms. The van der Waals surface area contributed by atoms with Crippen molar-refractivity contribution < 1.29 is 9.53 Å². The summed E-state index contributed by atoms with van der Waals surface area (Å²) in [6.45, 7) is 6.48. The third kappa shape index (κ3) is 4.97. The summed E-state index contributed by atoms with van der Waals surface area (Å²) in [4.78, 5) is 14.7. The Morgan fingerprint density at radius 3 is 2.32 bits per heavy atom. The van der Waals surface area contributed by atoms with Gasteiger partial charge in [-0.05, 0) is 49.0 Å². The Morgan fingerprint density at radius 1 is 1.12 bits per heavy atom. The maximum Gasteiger partial charge on any atom is 0.251 e. The summed E-state index contributed by atoms with van der Waals surface area (Å²) < 4.78 is 5.13. The number of methoxy groups -OCH3 is 1. The number of nitrogens with one attached hydrogen (secondary N) is 1. The summed E-state index contributed by atoms with van der Waals surface area (Å²) in [5.41, 5.74) is 1.64. The van der Waals surface area contributed by atoms with Gasteiger partial charge in [-0.2, -0.15) is 0 Å². The molecule has 2 aromatic rings. The molecule has 0 aliphatic carbocycles. The van der Waals surface area contributed by atoms with E-state index in [9.17, 15) is 4.79 Å². The fourth-order valence-electron chi connectivity index (χ4n) is 2.88. The van der Waals surface area contributed by atoms with Gasteiger partial charge >= 0.3 is 0 Å². The number of nitrogens with zero attached hydrogens (tertiary/aromatic N) is 1. The number of amides is 1. The molecule has 134 valence electrons. The Balaban J connectivity index is 2.13. The van der Waals surface area contributed by atoms with Crippen LogP contribution in [0.15, 0.2) is 48.5 Å². The fourth-order valence-corrected chi connectivity index (χ4v) is 3.14. The summed E-state index contributed by atoms with van der Waals surface area (Å²) in [5, 5.41) is 3.75. The Labute approximate surface area is 154 Å². The van der Waals surface area contributed by atoms with Crippen LogP contribution in [0, 0.1) is 0 Å². The number of halogens is 1. The molecule has 0 saturated carbocycles. The molecular formula is C20H25ClN2O2. The third-order valence-corrected chi connectivity index (χ3v) is 4.67. The summed E-state index contributed by atoms with van der Waals surface area (Å²) in [6, 6.07) is 14.9. The molecule has 4 nitrogen and oxygen atoms in total. The van der Waals surface area contributed by atoms with E-state index in [-0.39, 0.29) is 11.9 Å². The smallest absolute Gasteiger partial charge is 0.251 e. The molecule has 0 bridgehead atoms. The van der Waals surface area contributed by atoms with Crippen molar-refractivity contribution in [3.63, 3.8) is 0 Å². The lowest BCUT2D eigenvalue weighted by molar-refractivity contribution is 0.0935. The lowest BCUT2D eigenvalue weighted by atomic mass is 10.0. The Morgan fingerprint density at radius 2 is 1.76 bits per heavy atom. The van der Waals surface area contributed by atoms with E-state index in [1.165, 1.54) is 0 Å². The molecule has 0 aliphatic heterocycles. The normalized spacial score (nSPS) is 12.0. The average Bonchev–Trinajstić information content (AvgIpc) is 2.65. The topological polar surface area (TPSA) is 41.6 Å². The van der Waals surface area contributed by atoms with Crippen LogP contribution in [0.25, 0.3) is 0 Å². The maximum atomic E-state index is 12.5. The average molecular weight is 361 g/mol. The van der Waals surface area contributed by atoms with Crippen molar-refractivity contribution in [3.8, 4) is 5.75 Å². The molecular weight excluding hydrogens is 336 g/mol. The summed E-state index contributed by atoms with van der Waals surface area (Å²) in [7, 11) is 1.60. The van der Waals surface area contributed by atoms with Gasteiger partial charge in [0.2, 0.25) is 0 Å². The number of rotatable bonds is 8. The molecule has 0 aromatic heterocycles. The molecule has 2 aromatic carbocycles. The minimum absolute atomic E-state index is 0.0332. The quantitative estimate of drug-likeness (QED) is 0.768. The highest BCUT2D eigenvalue weighted by Gasteiger charge is 2.21. The van der Waals surface area contributed by atoms with Crippen LogP contribution in [-0.2, 0) is 0 Å². The molecule has 0 aliphatic rings. The minimum Gasteiger partial charge on any atom is -0.497 e. The van der Waals surface area contributed by atoms with Gasteiger partial charge in [0, 0.05) is 17.1 Å². The van der Waals surface area contributed by atoms with E-state index in [1.54, 1.807) is 31.4 Å².